The normalized spacial score (nSPS) is 26.2. The number of Topliss-reactive ketones (excluding diaryl/α,β-unsaturated/α-hetero) is 1. The zero-order valence-electron chi connectivity index (χ0n) is 16.1. The lowest BCUT2D eigenvalue weighted by atomic mass is 9.70. The second-order valence-corrected chi connectivity index (χ2v) is 8.77. The predicted octanol–water partition coefficient (Wildman–Crippen LogP) is 3.35. The quantitative estimate of drug-likeness (QED) is 0.773. The van der Waals surface area contributed by atoms with Crippen molar-refractivity contribution < 1.29 is 9.59 Å². The lowest BCUT2D eigenvalue weighted by Crippen LogP contribution is -2.45. The van der Waals surface area contributed by atoms with Crippen LogP contribution >= 0.6 is 0 Å². The number of ketones is 1. The van der Waals surface area contributed by atoms with Crippen LogP contribution < -0.4 is 0 Å². The smallest absolute Gasteiger partial charge is 0.226 e. The van der Waals surface area contributed by atoms with E-state index in [1.807, 2.05) is 32.7 Å². The molecule has 0 aromatic heterocycles. The molecule has 2 fully saturated rings. The first kappa shape index (κ1) is 19.4. The van der Waals surface area contributed by atoms with Gasteiger partial charge < -0.3 is 9.80 Å². The van der Waals surface area contributed by atoms with E-state index in [9.17, 15) is 9.59 Å². The zero-order valence-corrected chi connectivity index (χ0v) is 16.1. The van der Waals surface area contributed by atoms with Gasteiger partial charge in [-0.1, -0.05) is 40.0 Å². The number of hydrogen-bond donors (Lipinski definition) is 0. The summed E-state index contributed by atoms with van der Waals surface area (Å²) in [6.07, 6.45) is 7.80. The Hall–Kier alpha value is -0.900. The average molecular weight is 337 g/mol. The molecule has 1 saturated heterocycles. The van der Waals surface area contributed by atoms with Gasteiger partial charge >= 0.3 is 0 Å². The maximum Gasteiger partial charge on any atom is 0.226 e. The maximum absolute atomic E-state index is 13.0. The van der Waals surface area contributed by atoms with Crippen LogP contribution in [0, 0.1) is 17.3 Å². The lowest BCUT2D eigenvalue weighted by Gasteiger charge is -2.36. The topological polar surface area (TPSA) is 40.6 Å². The summed E-state index contributed by atoms with van der Waals surface area (Å²) in [4.78, 5) is 30.1. The van der Waals surface area contributed by atoms with Gasteiger partial charge in [-0.05, 0) is 38.8 Å². The van der Waals surface area contributed by atoms with Crippen molar-refractivity contribution in [2.75, 3.05) is 33.2 Å². The Morgan fingerprint density at radius 1 is 0.958 bits per heavy atom. The lowest BCUT2D eigenvalue weighted by molar-refractivity contribution is -0.145. The highest BCUT2D eigenvalue weighted by Gasteiger charge is 2.40. The van der Waals surface area contributed by atoms with Crippen molar-refractivity contribution in [1.29, 1.82) is 0 Å². The van der Waals surface area contributed by atoms with Crippen LogP contribution in [0.3, 0.4) is 0 Å². The second kappa shape index (κ2) is 8.46. The molecule has 1 saturated carbocycles. The predicted molar refractivity (Wildman–Crippen MR) is 97.8 cm³/mol. The fourth-order valence-electron chi connectivity index (χ4n) is 4.16. The number of piperidine rings is 1. The summed E-state index contributed by atoms with van der Waals surface area (Å²) in [6.45, 7) is 10.0. The van der Waals surface area contributed by atoms with Gasteiger partial charge in [-0.2, -0.15) is 0 Å². The van der Waals surface area contributed by atoms with Crippen LogP contribution in [0.4, 0.5) is 0 Å². The van der Waals surface area contributed by atoms with E-state index in [0.29, 0.717) is 0 Å². The van der Waals surface area contributed by atoms with Crippen LogP contribution in [0.15, 0.2) is 0 Å². The van der Waals surface area contributed by atoms with E-state index in [2.05, 4.69) is 4.90 Å². The van der Waals surface area contributed by atoms with E-state index in [-0.39, 0.29) is 28.9 Å². The van der Waals surface area contributed by atoms with Crippen molar-refractivity contribution in [2.24, 2.45) is 17.3 Å². The van der Waals surface area contributed by atoms with Crippen LogP contribution in [0.25, 0.3) is 0 Å². The molecule has 2 atom stereocenters. The molecule has 2 rings (SSSR count). The number of likely N-dealkylation sites (tertiary alicyclic amines) is 1. The first-order valence-corrected chi connectivity index (χ1v) is 9.82. The molecule has 0 radical (unpaired) electrons. The minimum absolute atomic E-state index is 0.0799. The molecule has 1 heterocycles. The van der Waals surface area contributed by atoms with Crippen molar-refractivity contribution in [3.05, 3.63) is 0 Å². The number of amides is 1. The van der Waals surface area contributed by atoms with E-state index >= 15 is 0 Å². The van der Waals surface area contributed by atoms with Crippen LogP contribution in [-0.4, -0.2) is 54.7 Å². The van der Waals surface area contributed by atoms with E-state index in [1.165, 1.54) is 19.3 Å². The summed E-state index contributed by atoms with van der Waals surface area (Å²) in [7, 11) is 1.92. The molecule has 138 valence electrons. The number of likely N-dealkylation sites (N-methyl/N-ethyl adjacent to an activating group) is 1. The summed E-state index contributed by atoms with van der Waals surface area (Å²) >= 11 is 0. The van der Waals surface area contributed by atoms with Crippen LogP contribution in [0.5, 0.6) is 0 Å². The van der Waals surface area contributed by atoms with Crippen molar-refractivity contribution in [2.45, 2.75) is 65.7 Å². The van der Waals surface area contributed by atoms with Gasteiger partial charge in [0.15, 0.2) is 0 Å². The molecule has 0 aromatic carbocycles. The third-order valence-corrected chi connectivity index (χ3v) is 5.74. The van der Waals surface area contributed by atoms with Crippen LogP contribution in [0.2, 0.25) is 0 Å². The molecule has 4 heteroatoms. The zero-order chi connectivity index (χ0) is 17.7. The van der Waals surface area contributed by atoms with Gasteiger partial charge in [0.25, 0.3) is 0 Å². The molecule has 4 nitrogen and oxygen atoms in total. The molecule has 1 aliphatic carbocycles. The van der Waals surface area contributed by atoms with Gasteiger partial charge in [-0.15, -0.1) is 0 Å². The molecule has 0 spiro atoms. The van der Waals surface area contributed by atoms with Gasteiger partial charge in [0, 0.05) is 37.4 Å². The Labute approximate surface area is 148 Å². The highest BCUT2D eigenvalue weighted by Crippen LogP contribution is 2.36. The van der Waals surface area contributed by atoms with Gasteiger partial charge in [-0.25, -0.2) is 0 Å². The van der Waals surface area contributed by atoms with E-state index in [4.69, 9.17) is 0 Å². The third-order valence-electron chi connectivity index (χ3n) is 5.74. The molecule has 24 heavy (non-hydrogen) atoms. The first-order chi connectivity index (χ1) is 11.3. The summed E-state index contributed by atoms with van der Waals surface area (Å²) < 4.78 is 0. The summed E-state index contributed by atoms with van der Waals surface area (Å²) in [5, 5.41) is 0. The van der Waals surface area contributed by atoms with Gasteiger partial charge in [0.05, 0.1) is 0 Å². The van der Waals surface area contributed by atoms with Gasteiger partial charge in [0.1, 0.15) is 5.78 Å². The molecule has 0 bridgehead atoms. The van der Waals surface area contributed by atoms with Gasteiger partial charge in [0.2, 0.25) is 5.91 Å². The standard InChI is InChI=1S/C20H36N2O2/c1-20(2,3)18(23)16-10-6-7-11-17(16)19(24)21(4)14-15-22-12-8-5-9-13-22/h16-17H,5-15H2,1-4H3/t16-,17+/m0/s1. The van der Waals surface area contributed by atoms with E-state index in [1.54, 1.807) is 0 Å². The monoisotopic (exact) mass is 336 g/mol. The first-order valence-electron chi connectivity index (χ1n) is 9.82. The van der Waals surface area contributed by atoms with E-state index < -0.39 is 0 Å². The number of hydrogen-bond acceptors (Lipinski definition) is 3. The number of carbonyl (C=O) groups is 2. The summed E-state index contributed by atoms with van der Waals surface area (Å²) in [5.41, 5.74) is -0.354. The molecule has 0 aromatic rings. The number of rotatable bonds is 5. The Balaban J connectivity index is 1.93. The minimum atomic E-state index is -0.354. The molecule has 1 amide bonds. The molecule has 0 unspecified atom stereocenters. The summed E-state index contributed by atoms with van der Waals surface area (Å²) in [5.74, 6) is 0.278. The van der Waals surface area contributed by atoms with Crippen molar-refractivity contribution in [3.63, 3.8) is 0 Å². The Bertz CT molecular complexity index is 435. The molecular formula is C20H36N2O2. The number of carbonyl (C=O) groups excluding carboxylic acids is 2. The second-order valence-electron chi connectivity index (χ2n) is 8.77. The fourth-order valence-corrected chi connectivity index (χ4v) is 4.16. The molecule has 1 aliphatic heterocycles. The maximum atomic E-state index is 13.0. The van der Waals surface area contributed by atoms with E-state index in [0.717, 1.165) is 51.9 Å². The number of nitrogens with zero attached hydrogens (tertiary/aromatic N) is 2. The van der Waals surface area contributed by atoms with Crippen LogP contribution in [0.1, 0.15) is 65.7 Å². The average Bonchev–Trinajstić information content (AvgIpc) is 2.58. The third kappa shape index (κ3) is 5.05. The highest BCUT2D eigenvalue weighted by molar-refractivity contribution is 5.91. The Kier molecular flexibility index (Phi) is 6.85. The van der Waals surface area contributed by atoms with Crippen molar-refractivity contribution in [3.8, 4) is 0 Å². The highest BCUT2D eigenvalue weighted by atomic mass is 16.2. The Morgan fingerprint density at radius 3 is 2.12 bits per heavy atom. The van der Waals surface area contributed by atoms with Crippen molar-refractivity contribution >= 4 is 11.7 Å². The largest absolute Gasteiger partial charge is 0.344 e. The summed E-state index contributed by atoms with van der Waals surface area (Å²) in [6, 6.07) is 0. The van der Waals surface area contributed by atoms with Crippen LogP contribution in [-0.2, 0) is 9.59 Å². The molecule has 2 aliphatic rings. The van der Waals surface area contributed by atoms with Crippen molar-refractivity contribution in [1.82, 2.24) is 9.80 Å². The Morgan fingerprint density at radius 2 is 1.54 bits per heavy atom. The van der Waals surface area contributed by atoms with Gasteiger partial charge in [-0.3, -0.25) is 9.59 Å². The SMILES string of the molecule is CN(CCN1CCCCC1)C(=O)[C@@H]1CCCC[C@@H]1C(=O)C(C)(C)C. The molecular weight excluding hydrogens is 300 g/mol. The fraction of sp³-hybridized carbons (Fsp3) is 0.900. The minimum Gasteiger partial charge on any atom is -0.344 e. The molecule has 0 N–H and O–H groups in total.